The van der Waals surface area contributed by atoms with Crippen LogP contribution in [0.4, 0.5) is 0 Å². The molecule has 0 saturated carbocycles. The Kier molecular flexibility index (Phi) is 7.70. The molecular formula is C9H21N3OS. The van der Waals surface area contributed by atoms with Crippen molar-refractivity contribution < 1.29 is 5.21 Å². The van der Waals surface area contributed by atoms with Gasteiger partial charge in [0.2, 0.25) is 0 Å². The largest absolute Gasteiger partial charge is 0.409 e. The zero-order valence-electron chi connectivity index (χ0n) is 9.16. The summed E-state index contributed by atoms with van der Waals surface area (Å²) < 4.78 is 0. The SMILES string of the molecule is CCC(CSC)NC(C)CC(N)=NO. The molecule has 4 nitrogen and oxygen atoms in total. The Morgan fingerprint density at radius 2 is 2.29 bits per heavy atom. The van der Waals surface area contributed by atoms with Crippen LogP contribution in [-0.2, 0) is 0 Å². The van der Waals surface area contributed by atoms with E-state index in [0.29, 0.717) is 12.5 Å². The summed E-state index contributed by atoms with van der Waals surface area (Å²) in [5.74, 6) is 1.38. The van der Waals surface area contributed by atoms with Gasteiger partial charge in [0.15, 0.2) is 0 Å². The molecular weight excluding hydrogens is 198 g/mol. The van der Waals surface area contributed by atoms with Crippen LogP contribution in [-0.4, -0.2) is 35.1 Å². The molecule has 84 valence electrons. The minimum absolute atomic E-state index is 0.253. The first kappa shape index (κ1) is 13.6. The summed E-state index contributed by atoms with van der Waals surface area (Å²) in [6.45, 7) is 4.20. The lowest BCUT2D eigenvalue weighted by atomic mass is 10.1. The standard InChI is InChI=1S/C9H21N3OS/c1-4-8(6-14-3)11-7(2)5-9(10)12-13/h7-8,11,13H,4-6H2,1-3H3,(H2,10,12). The van der Waals surface area contributed by atoms with Crippen LogP contribution in [0, 0.1) is 0 Å². The molecule has 5 heteroatoms. The lowest BCUT2D eigenvalue weighted by Crippen LogP contribution is -2.40. The highest BCUT2D eigenvalue weighted by atomic mass is 32.2. The zero-order valence-corrected chi connectivity index (χ0v) is 9.97. The lowest BCUT2D eigenvalue weighted by Gasteiger charge is -2.21. The topological polar surface area (TPSA) is 70.6 Å². The third-order valence-electron chi connectivity index (χ3n) is 2.02. The average molecular weight is 219 g/mol. The molecule has 0 heterocycles. The predicted molar refractivity (Wildman–Crippen MR) is 63.1 cm³/mol. The molecule has 0 aliphatic rings. The Morgan fingerprint density at radius 3 is 2.71 bits per heavy atom. The van der Waals surface area contributed by atoms with Gasteiger partial charge in [0.05, 0.1) is 0 Å². The third-order valence-corrected chi connectivity index (χ3v) is 2.76. The smallest absolute Gasteiger partial charge is 0.140 e. The summed E-state index contributed by atoms with van der Waals surface area (Å²) in [6.07, 6.45) is 3.78. The fraction of sp³-hybridized carbons (Fsp3) is 0.889. The number of rotatable bonds is 7. The average Bonchev–Trinajstić information content (AvgIpc) is 2.16. The highest BCUT2D eigenvalue weighted by Gasteiger charge is 2.10. The second-order valence-corrected chi connectivity index (χ2v) is 4.33. The summed E-state index contributed by atoms with van der Waals surface area (Å²) in [5, 5.41) is 14.8. The Bertz CT molecular complexity index is 175. The third kappa shape index (κ3) is 6.10. The second-order valence-electron chi connectivity index (χ2n) is 3.42. The molecule has 0 bridgehead atoms. The van der Waals surface area contributed by atoms with E-state index >= 15 is 0 Å². The molecule has 14 heavy (non-hydrogen) atoms. The van der Waals surface area contributed by atoms with Crippen molar-refractivity contribution in [2.75, 3.05) is 12.0 Å². The van der Waals surface area contributed by atoms with E-state index in [1.165, 1.54) is 0 Å². The summed E-state index contributed by atoms with van der Waals surface area (Å²) >= 11 is 1.83. The maximum Gasteiger partial charge on any atom is 0.140 e. The second kappa shape index (κ2) is 7.94. The Balaban J connectivity index is 3.83. The van der Waals surface area contributed by atoms with Gasteiger partial charge in [0.25, 0.3) is 0 Å². The van der Waals surface area contributed by atoms with Gasteiger partial charge in [0.1, 0.15) is 5.84 Å². The van der Waals surface area contributed by atoms with E-state index in [4.69, 9.17) is 10.9 Å². The highest BCUT2D eigenvalue weighted by Crippen LogP contribution is 2.03. The molecule has 0 spiro atoms. The normalized spacial score (nSPS) is 16.6. The van der Waals surface area contributed by atoms with Crippen molar-refractivity contribution in [1.29, 1.82) is 0 Å². The molecule has 0 rings (SSSR count). The molecule has 0 aromatic carbocycles. The van der Waals surface area contributed by atoms with Crippen LogP contribution in [0.25, 0.3) is 0 Å². The van der Waals surface area contributed by atoms with E-state index in [1.54, 1.807) is 0 Å². The van der Waals surface area contributed by atoms with Gasteiger partial charge in [-0.1, -0.05) is 12.1 Å². The van der Waals surface area contributed by atoms with Crippen molar-refractivity contribution in [3.8, 4) is 0 Å². The lowest BCUT2D eigenvalue weighted by molar-refractivity contribution is 0.315. The van der Waals surface area contributed by atoms with Gasteiger partial charge < -0.3 is 16.3 Å². The summed E-state index contributed by atoms with van der Waals surface area (Å²) in [5.41, 5.74) is 5.42. The molecule has 0 fully saturated rings. The van der Waals surface area contributed by atoms with E-state index < -0.39 is 0 Å². The van der Waals surface area contributed by atoms with Gasteiger partial charge in [-0.15, -0.1) is 0 Å². The van der Waals surface area contributed by atoms with Gasteiger partial charge in [-0.25, -0.2) is 0 Å². The van der Waals surface area contributed by atoms with E-state index in [1.807, 2.05) is 18.7 Å². The Morgan fingerprint density at radius 1 is 1.64 bits per heavy atom. The van der Waals surface area contributed by atoms with Crippen LogP contribution in [0.2, 0.25) is 0 Å². The number of thioether (sulfide) groups is 1. The van der Waals surface area contributed by atoms with Crippen LogP contribution in [0.3, 0.4) is 0 Å². The summed E-state index contributed by atoms with van der Waals surface area (Å²) in [6, 6.07) is 0.759. The maximum absolute atomic E-state index is 8.41. The van der Waals surface area contributed by atoms with Crippen LogP contribution in [0.15, 0.2) is 5.16 Å². The van der Waals surface area contributed by atoms with Crippen LogP contribution >= 0.6 is 11.8 Å². The Hall–Kier alpha value is -0.420. The van der Waals surface area contributed by atoms with Crippen molar-refractivity contribution in [3.05, 3.63) is 0 Å². The first-order valence-electron chi connectivity index (χ1n) is 4.85. The van der Waals surface area contributed by atoms with Gasteiger partial charge >= 0.3 is 0 Å². The van der Waals surface area contributed by atoms with Crippen molar-refractivity contribution in [2.45, 2.75) is 38.8 Å². The predicted octanol–water partition coefficient (Wildman–Crippen LogP) is 1.24. The van der Waals surface area contributed by atoms with Crippen LogP contribution < -0.4 is 11.1 Å². The quantitative estimate of drug-likeness (QED) is 0.261. The van der Waals surface area contributed by atoms with Crippen LogP contribution in [0.1, 0.15) is 26.7 Å². The molecule has 2 atom stereocenters. The summed E-state index contributed by atoms with van der Waals surface area (Å²) in [7, 11) is 0. The number of oxime groups is 1. The molecule has 0 aliphatic heterocycles. The molecule has 0 aromatic heterocycles. The van der Waals surface area contributed by atoms with Crippen LogP contribution in [0.5, 0.6) is 0 Å². The summed E-state index contributed by atoms with van der Waals surface area (Å²) in [4.78, 5) is 0. The minimum Gasteiger partial charge on any atom is -0.409 e. The number of hydrogen-bond acceptors (Lipinski definition) is 4. The monoisotopic (exact) mass is 219 g/mol. The van der Waals surface area contributed by atoms with E-state index in [9.17, 15) is 0 Å². The van der Waals surface area contributed by atoms with Gasteiger partial charge in [0, 0.05) is 24.3 Å². The minimum atomic E-state index is 0.253. The van der Waals surface area contributed by atoms with E-state index in [0.717, 1.165) is 12.2 Å². The molecule has 0 radical (unpaired) electrons. The number of nitrogens with zero attached hydrogens (tertiary/aromatic N) is 1. The molecule has 0 aromatic rings. The fourth-order valence-electron chi connectivity index (χ4n) is 1.30. The molecule has 0 aliphatic carbocycles. The Labute approximate surface area is 90.3 Å². The van der Waals surface area contributed by atoms with Gasteiger partial charge in [-0.05, 0) is 19.6 Å². The van der Waals surface area contributed by atoms with Gasteiger partial charge in [-0.2, -0.15) is 11.8 Å². The van der Waals surface area contributed by atoms with Crippen molar-refractivity contribution in [1.82, 2.24) is 5.32 Å². The van der Waals surface area contributed by atoms with E-state index in [2.05, 4.69) is 23.7 Å². The first-order chi connectivity index (χ1) is 6.63. The zero-order chi connectivity index (χ0) is 11.0. The number of hydrogen-bond donors (Lipinski definition) is 3. The van der Waals surface area contributed by atoms with Crippen molar-refractivity contribution in [3.63, 3.8) is 0 Å². The fourth-order valence-corrected chi connectivity index (χ4v) is 2.04. The van der Waals surface area contributed by atoms with Crippen molar-refractivity contribution in [2.24, 2.45) is 10.9 Å². The highest BCUT2D eigenvalue weighted by molar-refractivity contribution is 7.98. The molecule has 0 amide bonds. The maximum atomic E-state index is 8.41. The number of nitrogens with one attached hydrogen (secondary N) is 1. The molecule has 0 saturated heterocycles. The molecule has 2 unspecified atom stereocenters. The number of amidine groups is 1. The van der Waals surface area contributed by atoms with E-state index in [-0.39, 0.29) is 11.9 Å². The first-order valence-corrected chi connectivity index (χ1v) is 6.24. The van der Waals surface area contributed by atoms with Crippen molar-refractivity contribution >= 4 is 17.6 Å². The van der Waals surface area contributed by atoms with Gasteiger partial charge in [-0.3, -0.25) is 0 Å². The molecule has 4 N–H and O–H groups in total. The number of nitrogens with two attached hydrogens (primary N) is 1.